The Labute approximate surface area is 126 Å². The lowest BCUT2D eigenvalue weighted by Crippen LogP contribution is -2.31. The number of carbonyl (C=O) groups is 1. The maximum atomic E-state index is 12.7. The van der Waals surface area contributed by atoms with Crippen LogP contribution in [0.3, 0.4) is 0 Å². The zero-order valence-corrected chi connectivity index (χ0v) is 13.0. The van der Waals surface area contributed by atoms with Crippen LogP contribution in [0.5, 0.6) is 11.5 Å². The van der Waals surface area contributed by atoms with Gasteiger partial charge in [-0.2, -0.15) is 0 Å². The summed E-state index contributed by atoms with van der Waals surface area (Å²) in [5, 5.41) is 3.25. The molecule has 0 radical (unpaired) electrons. The fraction of sp³-hybridized carbons (Fsp3) is 0.588. The third-order valence-electron chi connectivity index (χ3n) is 3.53. The van der Waals surface area contributed by atoms with Crippen molar-refractivity contribution >= 4 is 5.78 Å². The Kier molecular flexibility index (Phi) is 6.05. The molecule has 1 heterocycles. The molecule has 116 valence electrons. The van der Waals surface area contributed by atoms with Crippen LogP contribution in [0.4, 0.5) is 0 Å². The first kappa shape index (κ1) is 15.8. The molecule has 0 aromatic heterocycles. The Bertz CT molecular complexity index is 467. The maximum Gasteiger partial charge on any atom is 0.183 e. The van der Waals surface area contributed by atoms with E-state index in [4.69, 9.17) is 9.47 Å². The van der Waals surface area contributed by atoms with Crippen LogP contribution in [0.15, 0.2) is 18.2 Å². The van der Waals surface area contributed by atoms with E-state index in [-0.39, 0.29) is 11.8 Å². The lowest BCUT2D eigenvalue weighted by Gasteiger charge is -2.15. The summed E-state index contributed by atoms with van der Waals surface area (Å²) in [5.74, 6) is 1.52. The van der Waals surface area contributed by atoms with Gasteiger partial charge in [-0.25, -0.2) is 0 Å². The summed E-state index contributed by atoms with van der Waals surface area (Å²) >= 11 is 0. The summed E-state index contributed by atoms with van der Waals surface area (Å²) in [6.45, 7) is 6.30. The van der Waals surface area contributed by atoms with Gasteiger partial charge in [0.15, 0.2) is 5.78 Å². The number of benzene rings is 1. The number of nitrogens with one attached hydrogen (secondary N) is 1. The number of carbonyl (C=O) groups excluding carboxylic acids is 1. The minimum atomic E-state index is -0.0876. The van der Waals surface area contributed by atoms with E-state index in [0.717, 1.165) is 38.0 Å². The first-order chi connectivity index (χ1) is 10.3. The van der Waals surface area contributed by atoms with Crippen molar-refractivity contribution in [2.24, 2.45) is 0 Å². The second kappa shape index (κ2) is 8.03. The first-order valence-corrected chi connectivity index (χ1v) is 7.93. The molecule has 4 nitrogen and oxygen atoms in total. The average molecular weight is 291 g/mol. The quantitative estimate of drug-likeness (QED) is 0.747. The van der Waals surface area contributed by atoms with E-state index < -0.39 is 0 Å². The van der Waals surface area contributed by atoms with Gasteiger partial charge in [0.2, 0.25) is 0 Å². The standard InChI is InChI=1S/C17H25NO3/c1-3-10-20-13-7-8-16(21-11-4-2)14(12-13)17(19)15-6-5-9-18-15/h7-8,12,15,18H,3-6,9-11H2,1-2H3. The van der Waals surface area contributed by atoms with Crippen LogP contribution >= 0.6 is 0 Å². The summed E-state index contributed by atoms with van der Waals surface area (Å²) in [5.41, 5.74) is 0.636. The molecule has 1 N–H and O–H groups in total. The number of Topliss-reactive ketones (excluding diaryl/α,β-unsaturated/α-hetero) is 1. The molecular weight excluding hydrogens is 266 g/mol. The fourth-order valence-electron chi connectivity index (χ4n) is 2.45. The number of rotatable bonds is 8. The first-order valence-electron chi connectivity index (χ1n) is 7.93. The Morgan fingerprint density at radius 3 is 2.67 bits per heavy atom. The highest BCUT2D eigenvalue weighted by molar-refractivity contribution is 6.02. The molecule has 1 fully saturated rings. The van der Waals surface area contributed by atoms with E-state index in [1.807, 2.05) is 18.2 Å². The lowest BCUT2D eigenvalue weighted by molar-refractivity contribution is 0.0947. The van der Waals surface area contributed by atoms with E-state index in [1.54, 1.807) is 0 Å². The summed E-state index contributed by atoms with van der Waals surface area (Å²) < 4.78 is 11.4. The normalized spacial score (nSPS) is 17.7. The van der Waals surface area contributed by atoms with Gasteiger partial charge in [-0.15, -0.1) is 0 Å². The van der Waals surface area contributed by atoms with Gasteiger partial charge in [0.1, 0.15) is 11.5 Å². The topological polar surface area (TPSA) is 47.6 Å². The van der Waals surface area contributed by atoms with Crippen LogP contribution in [-0.4, -0.2) is 31.6 Å². The van der Waals surface area contributed by atoms with E-state index in [1.165, 1.54) is 0 Å². The molecule has 0 aliphatic carbocycles. The van der Waals surface area contributed by atoms with Gasteiger partial charge in [-0.1, -0.05) is 13.8 Å². The molecule has 1 atom stereocenters. The summed E-state index contributed by atoms with van der Waals surface area (Å²) in [6.07, 6.45) is 3.81. The molecule has 21 heavy (non-hydrogen) atoms. The van der Waals surface area contributed by atoms with Crippen LogP contribution < -0.4 is 14.8 Å². The SMILES string of the molecule is CCCOc1ccc(OCCC)c(C(=O)C2CCCN2)c1. The molecular formula is C17H25NO3. The van der Waals surface area contributed by atoms with Crippen molar-refractivity contribution in [2.45, 2.75) is 45.6 Å². The highest BCUT2D eigenvalue weighted by Gasteiger charge is 2.26. The predicted octanol–water partition coefficient (Wildman–Crippen LogP) is 3.20. The number of ketones is 1. The fourth-order valence-corrected chi connectivity index (χ4v) is 2.45. The third-order valence-corrected chi connectivity index (χ3v) is 3.53. The molecule has 0 bridgehead atoms. The van der Waals surface area contributed by atoms with Gasteiger partial charge in [0.25, 0.3) is 0 Å². The minimum Gasteiger partial charge on any atom is -0.494 e. The largest absolute Gasteiger partial charge is 0.494 e. The average Bonchev–Trinajstić information content (AvgIpc) is 3.05. The van der Waals surface area contributed by atoms with Crippen LogP contribution in [0.1, 0.15) is 49.9 Å². The maximum absolute atomic E-state index is 12.7. The molecule has 0 amide bonds. The molecule has 1 aromatic carbocycles. The van der Waals surface area contributed by atoms with Crippen LogP contribution in [0, 0.1) is 0 Å². The minimum absolute atomic E-state index is 0.0876. The monoisotopic (exact) mass is 291 g/mol. The molecule has 1 aliphatic rings. The number of ether oxygens (including phenoxy) is 2. The second-order valence-electron chi connectivity index (χ2n) is 5.37. The zero-order valence-electron chi connectivity index (χ0n) is 13.0. The Balaban J connectivity index is 2.21. The van der Waals surface area contributed by atoms with Gasteiger partial charge in [0.05, 0.1) is 24.8 Å². The van der Waals surface area contributed by atoms with Crippen molar-refractivity contribution in [3.8, 4) is 11.5 Å². The number of hydrogen-bond donors (Lipinski definition) is 1. The highest BCUT2D eigenvalue weighted by atomic mass is 16.5. The van der Waals surface area contributed by atoms with Gasteiger partial charge in [-0.3, -0.25) is 4.79 Å². The molecule has 1 saturated heterocycles. The zero-order chi connectivity index (χ0) is 15.1. The molecule has 0 spiro atoms. The van der Waals surface area contributed by atoms with Crippen molar-refractivity contribution in [3.63, 3.8) is 0 Å². The van der Waals surface area contributed by atoms with Crippen molar-refractivity contribution in [1.29, 1.82) is 0 Å². The molecule has 1 unspecified atom stereocenters. The Hall–Kier alpha value is -1.55. The van der Waals surface area contributed by atoms with Gasteiger partial charge in [-0.05, 0) is 50.4 Å². The molecule has 1 aromatic rings. The summed E-state index contributed by atoms with van der Waals surface area (Å²) in [6, 6.07) is 5.46. The second-order valence-corrected chi connectivity index (χ2v) is 5.37. The molecule has 2 rings (SSSR count). The van der Waals surface area contributed by atoms with E-state index in [2.05, 4.69) is 19.2 Å². The Morgan fingerprint density at radius 2 is 2.00 bits per heavy atom. The van der Waals surface area contributed by atoms with Crippen molar-refractivity contribution < 1.29 is 14.3 Å². The van der Waals surface area contributed by atoms with Crippen LogP contribution in [-0.2, 0) is 0 Å². The lowest BCUT2D eigenvalue weighted by atomic mass is 10.0. The van der Waals surface area contributed by atoms with Gasteiger partial charge < -0.3 is 14.8 Å². The summed E-state index contributed by atoms with van der Waals surface area (Å²) in [4.78, 5) is 12.7. The van der Waals surface area contributed by atoms with Gasteiger partial charge in [0, 0.05) is 0 Å². The van der Waals surface area contributed by atoms with E-state index in [0.29, 0.717) is 24.5 Å². The third kappa shape index (κ3) is 4.21. The van der Waals surface area contributed by atoms with E-state index in [9.17, 15) is 4.79 Å². The molecule has 0 saturated carbocycles. The predicted molar refractivity (Wildman–Crippen MR) is 83.4 cm³/mol. The summed E-state index contributed by atoms with van der Waals surface area (Å²) in [7, 11) is 0. The van der Waals surface area contributed by atoms with Crippen LogP contribution in [0.25, 0.3) is 0 Å². The van der Waals surface area contributed by atoms with Crippen LogP contribution in [0.2, 0.25) is 0 Å². The van der Waals surface area contributed by atoms with E-state index >= 15 is 0 Å². The van der Waals surface area contributed by atoms with Crippen molar-refractivity contribution in [3.05, 3.63) is 23.8 Å². The van der Waals surface area contributed by atoms with Crippen molar-refractivity contribution in [1.82, 2.24) is 5.32 Å². The highest BCUT2D eigenvalue weighted by Crippen LogP contribution is 2.27. The van der Waals surface area contributed by atoms with Crippen molar-refractivity contribution in [2.75, 3.05) is 19.8 Å². The smallest absolute Gasteiger partial charge is 0.183 e. The molecule has 4 heteroatoms. The Morgan fingerprint density at radius 1 is 1.24 bits per heavy atom. The molecule has 1 aliphatic heterocycles. The number of hydrogen-bond acceptors (Lipinski definition) is 4. The van der Waals surface area contributed by atoms with Gasteiger partial charge >= 0.3 is 0 Å².